The third-order valence-electron chi connectivity index (χ3n) is 7.49. The number of carbonyl (C=O) groups excluding carboxylic acids is 1. The molecule has 2 aliphatic heterocycles. The number of aliphatic carboxylic acids is 1. The third kappa shape index (κ3) is 4.43. The van der Waals surface area contributed by atoms with Crippen LogP contribution in [0.1, 0.15) is 68.6 Å². The van der Waals surface area contributed by atoms with E-state index >= 15 is 0 Å². The molecule has 0 bridgehead atoms. The lowest BCUT2D eigenvalue weighted by Crippen LogP contribution is -2.36. The zero-order valence-corrected chi connectivity index (χ0v) is 21.0. The van der Waals surface area contributed by atoms with Crippen LogP contribution in [-0.2, 0) is 24.2 Å². The van der Waals surface area contributed by atoms with Gasteiger partial charge in [0.15, 0.2) is 11.5 Å². The third-order valence-corrected chi connectivity index (χ3v) is 7.49. The molecule has 0 aliphatic carbocycles. The van der Waals surface area contributed by atoms with Crippen molar-refractivity contribution in [3.8, 4) is 11.5 Å². The Morgan fingerprint density at radius 3 is 2.64 bits per heavy atom. The van der Waals surface area contributed by atoms with Crippen LogP contribution in [0.25, 0.3) is 0 Å². The number of nitrogens with zero attached hydrogens (tertiary/aromatic N) is 1. The van der Waals surface area contributed by atoms with E-state index in [1.807, 2.05) is 48.2 Å². The summed E-state index contributed by atoms with van der Waals surface area (Å²) in [5.41, 5.74) is 8.13. The largest absolute Gasteiger partial charge is 0.481 e. The van der Waals surface area contributed by atoms with E-state index in [0.717, 1.165) is 40.7 Å². The zero-order chi connectivity index (χ0) is 25.4. The van der Waals surface area contributed by atoms with Gasteiger partial charge in [0.25, 0.3) is 5.91 Å². The fraction of sp³-hybridized carbons (Fsp3) is 0.333. The van der Waals surface area contributed by atoms with Crippen molar-refractivity contribution >= 4 is 11.9 Å². The molecule has 5 rings (SSSR count). The van der Waals surface area contributed by atoms with E-state index in [0.29, 0.717) is 24.6 Å². The van der Waals surface area contributed by atoms with E-state index in [1.165, 1.54) is 16.7 Å². The summed E-state index contributed by atoms with van der Waals surface area (Å²) < 4.78 is 11.1. The summed E-state index contributed by atoms with van der Waals surface area (Å²) in [4.78, 5) is 27.1. The standard InChI is InChI=1S/C30H31NO5/c1-4-20-13-23(6-5-18(20)2)30(34)31-12-11-21-7-8-22(14-24(21)16-31)26(15-28(32)33)25-9-10-27-29(19(25)3)36-17-35-27/h5-10,13-14,26H,4,11-12,15-17H2,1-3H3,(H,32,33). The first-order valence-corrected chi connectivity index (χ1v) is 12.5. The molecule has 0 fully saturated rings. The maximum atomic E-state index is 13.4. The van der Waals surface area contributed by atoms with Gasteiger partial charge in [0.05, 0.1) is 6.42 Å². The fourth-order valence-electron chi connectivity index (χ4n) is 5.42. The second kappa shape index (κ2) is 9.69. The highest BCUT2D eigenvalue weighted by Gasteiger charge is 2.27. The molecule has 0 saturated carbocycles. The molecule has 2 aliphatic rings. The number of benzene rings is 3. The smallest absolute Gasteiger partial charge is 0.304 e. The molecule has 0 saturated heterocycles. The lowest BCUT2D eigenvalue weighted by Gasteiger charge is -2.30. The summed E-state index contributed by atoms with van der Waals surface area (Å²) in [6, 6.07) is 15.9. The average molecular weight is 486 g/mol. The molecule has 1 amide bonds. The van der Waals surface area contributed by atoms with Crippen LogP contribution in [0, 0.1) is 13.8 Å². The van der Waals surface area contributed by atoms with E-state index < -0.39 is 5.97 Å². The fourth-order valence-corrected chi connectivity index (χ4v) is 5.42. The molecule has 0 radical (unpaired) electrons. The Kier molecular flexibility index (Phi) is 6.44. The first-order valence-electron chi connectivity index (χ1n) is 12.5. The maximum absolute atomic E-state index is 13.4. The second-order valence-corrected chi connectivity index (χ2v) is 9.66. The number of carboxylic acid groups (broad SMARTS) is 1. The highest BCUT2D eigenvalue weighted by molar-refractivity contribution is 5.94. The topological polar surface area (TPSA) is 76.1 Å². The minimum Gasteiger partial charge on any atom is -0.481 e. The van der Waals surface area contributed by atoms with Gasteiger partial charge in [-0.05, 0) is 83.8 Å². The van der Waals surface area contributed by atoms with Crippen molar-refractivity contribution < 1.29 is 24.2 Å². The van der Waals surface area contributed by atoms with Crippen LogP contribution in [0.4, 0.5) is 0 Å². The maximum Gasteiger partial charge on any atom is 0.304 e. The van der Waals surface area contributed by atoms with Crippen molar-refractivity contribution in [2.45, 2.75) is 52.5 Å². The molecule has 2 heterocycles. The molecule has 36 heavy (non-hydrogen) atoms. The van der Waals surface area contributed by atoms with Crippen molar-refractivity contribution in [2.24, 2.45) is 0 Å². The summed E-state index contributed by atoms with van der Waals surface area (Å²) in [7, 11) is 0. The number of carboxylic acids is 1. The first-order chi connectivity index (χ1) is 17.4. The SMILES string of the molecule is CCc1cc(C(=O)N2CCc3ccc(C(CC(=O)O)c4ccc5c(c4C)OCO5)cc3C2)ccc1C. The van der Waals surface area contributed by atoms with Crippen LogP contribution >= 0.6 is 0 Å². The number of fused-ring (bicyclic) bond motifs is 2. The van der Waals surface area contributed by atoms with Crippen LogP contribution < -0.4 is 9.47 Å². The van der Waals surface area contributed by atoms with Gasteiger partial charge in [-0.25, -0.2) is 0 Å². The Balaban J connectivity index is 1.45. The number of hydrogen-bond donors (Lipinski definition) is 1. The van der Waals surface area contributed by atoms with Gasteiger partial charge in [-0.3, -0.25) is 9.59 Å². The molecule has 3 aromatic rings. The van der Waals surface area contributed by atoms with Crippen LogP contribution in [0.2, 0.25) is 0 Å². The molecule has 6 heteroatoms. The Morgan fingerprint density at radius 1 is 1.03 bits per heavy atom. The Hall–Kier alpha value is -3.80. The predicted octanol–water partition coefficient (Wildman–Crippen LogP) is 5.40. The number of aryl methyl sites for hydroxylation is 2. The van der Waals surface area contributed by atoms with E-state index in [9.17, 15) is 14.7 Å². The van der Waals surface area contributed by atoms with Gasteiger partial charge >= 0.3 is 5.97 Å². The van der Waals surface area contributed by atoms with Crippen LogP contribution in [0.15, 0.2) is 48.5 Å². The van der Waals surface area contributed by atoms with Crippen molar-refractivity contribution in [1.82, 2.24) is 4.90 Å². The first kappa shape index (κ1) is 23.9. The van der Waals surface area contributed by atoms with Gasteiger partial charge < -0.3 is 19.5 Å². The molecule has 1 unspecified atom stereocenters. The number of carbonyl (C=O) groups is 2. The van der Waals surface area contributed by atoms with Gasteiger partial charge in [-0.15, -0.1) is 0 Å². The van der Waals surface area contributed by atoms with Crippen molar-refractivity contribution in [3.05, 3.63) is 93.0 Å². The monoisotopic (exact) mass is 485 g/mol. The highest BCUT2D eigenvalue weighted by Crippen LogP contribution is 2.42. The number of ether oxygens (including phenoxy) is 2. The van der Waals surface area contributed by atoms with Crippen molar-refractivity contribution in [3.63, 3.8) is 0 Å². The van der Waals surface area contributed by atoms with Gasteiger partial charge in [0, 0.05) is 24.6 Å². The molecular formula is C30H31NO5. The summed E-state index contributed by atoms with van der Waals surface area (Å²) in [6.07, 6.45) is 1.63. The summed E-state index contributed by atoms with van der Waals surface area (Å²) >= 11 is 0. The van der Waals surface area contributed by atoms with Crippen molar-refractivity contribution in [1.29, 1.82) is 0 Å². The van der Waals surface area contributed by atoms with Gasteiger partial charge in [-0.2, -0.15) is 0 Å². The number of hydrogen-bond acceptors (Lipinski definition) is 4. The molecule has 6 nitrogen and oxygen atoms in total. The Bertz CT molecular complexity index is 1350. The van der Waals surface area contributed by atoms with Gasteiger partial charge in [0.2, 0.25) is 6.79 Å². The van der Waals surface area contributed by atoms with Crippen LogP contribution in [0.5, 0.6) is 11.5 Å². The van der Waals surface area contributed by atoms with Crippen molar-refractivity contribution in [2.75, 3.05) is 13.3 Å². The minimum absolute atomic E-state index is 0.0365. The number of rotatable bonds is 6. The summed E-state index contributed by atoms with van der Waals surface area (Å²) in [5.74, 6) is 0.208. The Morgan fingerprint density at radius 2 is 1.86 bits per heavy atom. The lowest BCUT2D eigenvalue weighted by molar-refractivity contribution is -0.137. The van der Waals surface area contributed by atoms with E-state index in [-0.39, 0.29) is 25.0 Å². The second-order valence-electron chi connectivity index (χ2n) is 9.66. The van der Waals surface area contributed by atoms with E-state index in [2.05, 4.69) is 26.0 Å². The summed E-state index contributed by atoms with van der Waals surface area (Å²) in [5, 5.41) is 9.72. The normalized spacial score (nSPS) is 14.9. The molecular weight excluding hydrogens is 454 g/mol. The zero-order valence-electron chi connectivity index (χ0n) is 21.0. The molecule has 186 valence electrons. The quantitative estimate of drug-likeness (QED) is 0.506. The highest BCUT2D eigenvalue weighted by atomic mass is 16.7. The van der Waals surface area contributed by atoms with E-state index in [1.54, 1.807) is 0 Å². The lowest BCUT2D eigenvalue weighted by atomic mass is 9.83. The van der Waals surface area contributed by atoms with Crippen LogP contribution in [-0.4, -0.2) is 35.2 Å². The summed E-state index contributed by atoms with van der Waals surface area (Å²) in [6.45, 7) is 7.47. The molecule has 1 atom stereocenters. The van der Waals surface area contributed by atoms with Gasteiger partial charge in [0.1, 0.15) is 0 Å². The molecule has 0 aromatic heterocycles. The molecule has 0 spiro atoms. The van der Waals surface area contributed by atoms with Gasteiger partial charge in [-0.1, -0.05) is 37.3 Å². The average Bonchev–Trinajstić information content (AvgIpc) is 3.37. The Labute approximate surface area is 211 Å². The molecule has 3 aromatic carbocycles. The molecule has 1 N–H and O–H groups in total. The van der Waals surface area contributed by atoms with E-state index in [4.69, 9.17) is 9.47 Å². The predicted molar refractivity (Wildman–Crippen MR) is 137 cm³/mol. The minimum atomic E-state index is -0.863. The number of amides is 1. The van der Waals surface area contributed by atoms with Crippen LogP contribution in [0.3, 0.4) is 0 Å².